The van der Waals surface area contributed by atoms with Crippen LogP contribution in [0.15, 0.2) is 12.2 Å². The van der Waals surface area contributed by atoms with Crippen LogP contribution in [0, 0.1) is 34.5 Å². The van der Waals surface area contributed by atoms with Gasteiger partial charge in [0.2, 0.25) is 0 Å². The van der Waals surface area contributed by atoms with E-state index in [1.54, 1.807) is 0 Å². The minimum absolute atomic E-state index is 0.120. The number of aliphatic hydroxyl groups is 2. The van der Waals surface area contributed by atoms with E-state index in [9.17, 15) is 10.2 Å². The molecule has 0 heterocycles. The van der Waals surface area contributed by atoms with Gasteiger partial charge in [-0.3, -0.25) is 0 Å². The number of fused-ring (bicyclic) bond motifs is 5. The van der Waals surface area contributed by atoms with Gasteiger partial charge in [0.1, 0.15) is 0 Å². The molecule has 3 fully saturated rings. The van der Waals surface area contributed by atoms with Gasteiger partial charge in [-0.2, -0.15) is 0 Å². The molecule has 0 amide bonds. The molecule has 4 aliphatic carbocycles. The van der Waals surface area contributed by atoms with Crippen LogP contribution in [-0.4, -0.2) is 21.9 Å². The lowest BCUT2D eigenvalue weighted by molar-refractivity contribution is -0.131. The first kappa shape index (κ1) is 15.2. The third kappa shape index (κ3) is 1.80. The molecule has 2 nitrogen and oxygen atoms in total. The normalized spacial score (nSPS) is 60.5. The van der Waals surface area contributed by atoms with Crippen molar-refractivity contribution in [3.8, 4) is 0 Å². The predicted molar refractivity (Wildman–Crippen MR) is 88.3 cm³/mol. The number of hydrogen-bond acceptors (Lipinski definition) is 2. The molecule has 0 radical (unpaired) electrons. The largest absolute Gasteiger partial charge is 0.390 e. The Kier molecular flexibility index (Phi) is 3.18. The third-order valence-corrected chi connectivity index (χ3v) is 8.73. The Bertz CT molecular complexity index is 496. The molecule has 4 aliphatic rings. The molecule has 0 spiro atoms. The number of allylic oxidation sites excluding steroid dienone is 1. The van der Waals surface area contributed by atoms with Crippen molar-refractivity contribution in [2.75, 3.05) is 0 Å². The topological polar surface area (TPSA) is 40.5 Å². The molecule has 0 bridgehead atoms. The van der Waals surface area contributed by atoms with Gasteiger partial charge in [-0.05, 0) is 86.4 Å². The molecular formula is C20H32O2. The molecule has 0 aliphatic heterocycles. The molecule has 8 atom stereocenters. The first-order valence-corrected chi connectivity index (χ1v) is 9.38. The van der Waals surface area contributed by atoms with Gasteiger partial charge < -0.3 is 10.2 Å². The van der Waals surface area contributed by atoms with Crippen LogP contribution in [0.4, 0.5) is 0 Å². The zero-order valence-corrected chi connectivity index (χ0v) is 14.4. The van der Waals surface area contributed by atoms with Crippen LogP contribution < -0.4 is 0 Å². The molecule has 0 saturated heterocycles. The van der Waals surface area contributed by atoms with Crippen molar-refractivity contribution < 1.29 is 10.2 Å². The molecule has 0 aromatic carbocycles. The summed E-state index contributed by atoms with van der Waals surface area (Å²) >= 11 is 0. The van der Waals surface area contributed by atoms with Crippen LogP contribution in [0.1, 0.15) is 65.7 Å². The van der Waals surface area contributed by atoms with Gasteiger partial charge in [0.15, 0.2) is 0 Å². The average molecular weight is 304 g/mol. The SMILES string of the molecule is C[C@]12C=C[C@@H](O)C[C@@H]1CC[C@@H]1[C@@H]2CC[C@@]2(C)[C@H]1CC[C@]2(C)O. The van der Waals surface area contributed by atoms with Crippen LogP contribution in [0.2, 0.25) is 0 Å². The lowest BCUT2D eigenvalue weighted by Crippen LogP contribution is -2.55. The Morgan fingerprint density at radius 2 is 1.68 bits per heavy atom. The smallest absolute Gasteiger partial charge is 0.0724 e. The Morgan fingerprint density at radius 1 is 0.955 bits per heavy atom. The molecule has 3 saturated carbocycles. The summed E-state index contributed by atoms with van der Waals surface area (Å²) in [7, 11) is 0. The fourth-order valence-electron chi connectivity index (χ4n) is 7.03. The van der Waals surface area contributed by atoms with E-state index in [0.29, 0.717) is 11.8 Å². The van der Waals surface area contributed by atoms with E-state index < -0.39 is 5.60 Å². The van der Waals surface area contributed by atoms with Crippen LogP contribution in [0.25, 0.3) is 0 Å². The first-order chi connectivity index (χ1) is 10.3. The summed E-state index contributed by atoms with van der Waals surface area (Å²) in [5.41, 5.74) is -0.0772. The molecule has 4 rings (SSSR count). The fourth-order valence-corrected chi connectivity index (χ4v) is 7.03. The van der Waals surface area contributed by atoms with E-state index >= 15 is 0 Å². The number of aliphatic hydroxyl groups excluding tert-OH is 1. The van der Waals surface area contributed by atoms with Crippen LogP contribution in [-0.2, 0) is 0 Å². The summed E-state index contributed by atoms with van der Waals surface area (Å²) in [6.45, 7) is 6.89. The van der Waals surface area contributed by atoms with E-state index in [4.69, 9.17) is 0 Å². The third-order valence-electron chi connectivity index (χ3n) is 8.73. The molecule has 22 heavy (non-hydrogen) atoms. The van der Waals surface area contributed by atoms with Crippen molar-refractivity contribution in [3.63, 3.8) is 0 Å². The molecule has 0 unspecified atom stereocenters. The van der Waals surface area contributed by atoms with Crippen LogP contribution >= 0.6 is 0 Å². The maximum Gasteiger partial charge on any atom is 0.0724 e. The van der Waals surface area contributed by atoms with Crippen molar-refractivity contribution in [1.29, 1.82) is 0 Å². The molecule has 124 valence electrons. The van der Waals surface area contributed by atoms with Gasteiger partial charge in [0.25, 0.3) is 0 Å². The standard InChI is InChI=1S/C20H32O2/c1-18-9-6-14(21)12-13(18)4-5-15-16(18)7-10-19(2)17(15)8-11-20(19,3)22/h6,9,13-17,21-22H,4-5,7-8,10-12H2,1-3H3/t13-,14+,15+,16-,17-,18-,19-,20-/m0/s1. The molecule has 2 heteroatoms. The highest BCUT2D eigenvalue weighted by Gasteiger charge is 2.62. The average Bonchev–Trinajstić information content (AvgIpc) is 2.70. The highest BCUT2D eigenvalue weighted by atomic mass is 16.3. The minimum Gasteiger partial charge on any atom is -0.390 e. The van der Waals surface area contributed by atoms with Crippen molar-refractivity contribution in [2.45, 2.75) is 77.4 Å². The summed E-state index contributed by atoms with van der Waals surface area (Å²) in [6.07, 6.45) is 12.3. The van der Waals surface area contributed by atoms with Crippen molar-refractivity contribution in [1.82, 2.24) is 0 Å². The summed E-state index contributed by atoms with van der Waals surface area (Å²) in [5.74, 6) is 2.87. The monoisotopic (exact) mass is 304 g/mol. The van der Waals surface area contributed by atoms with Gasteiger partial charge in [-0.15, -0.1) is 0 Å². The van der Waals surface area contributed by atoms with Crippen molar-refractivity contribution >= 4 is 0 Å². The summed E-state index contributed by atoms with van der Waals surface area (Å²) in [5, 5.41) is 20.9. The second-order valence-corrected chi connectivity index (χ2v) is 9.45. The van der Waals surface area contributed by atoms with E-state index in [0.717, 1.165) is 24.7 Å². The second-order valence-electron chi connectivity index (χ2n) is 9.45. The molecule has 0 aromatic rings. The molecule has 0 aromatic heterocycles. The zero-order valence-electron chi connectivity index (χ0n) is 14.4. The molecule has 2 N–H and O–H groups in total. The van der Waals surface area contributed by atoms with E-state index in [2.05, 4.69) is 32.9 Å². The summed E-state index contributed by atoms with van der Waals surface area (Å²) < 4.78 is 0. The minimum atomic E-state index is -0.473. The number of hydrogen-bond donors (Lipinski definition) is 2. The Balaban J connectivity index is 1.68. The van der Waals surface area contributed by atoms with Gasteiger partial charge in [-0.25, -0.2) is 0 Å². The van der Waals surface area contributed by atoms with Gasteiger partial charge in [0.05, 0.1) is 11.7 Å². The molecular weight excluding hydrogens is 272 g/mol. The lowest BCUT2D eigenvalue weighted by atomic mass is 9.45. The zero-order chi connectivity index (χ0) is 15.8. The maximum atomic E-state index is 10.9. The Morgan fingerprint density at radius 3 is 2.45 bits per heavy atom. The van der Waals surface area contributed by atoms with Crippen LogP contribution in [0.5, 0.6) is 0 Å². The van der Waals surface area contributed by atoms with E-state index in [-0.39, 0.29) is 16.9 Å². The Labute approximate surface area is 135 Å². The van der Waals surface area contributed by atoms with Gasteiger partial charge >= 0.3 is 0 Å². The Hall–Kier alpha value is -0.340. The highest BCUT2D eigenvalue weighted by Crippen LogP contribution is 2.67. The van der Waals surface area contributed by atoms with Gasteiger partial charge in [-0.1, -0.05) is 26.0 Å². The summed E-state index contributed by atoms with van der Waals surface area (Å²) in [6, 6.07) is 0. The fraction of sp³-hybridized carbons (Fsp3) is 0.900. The van der Waals surface area contributed by atoms with E-state index in [1.807, 2.05) is 0 Å². The quantitative estimate of drug-likeness (QED) is 0.666. The number of rotatable bonds is 0. The lowest BCUT2D eigenvalue weighted by Gasteiger charge is -2.60. The van der Waals surface area contributed by atoms with Crippen molar-refractivity contribution in [2.24, 2.45) is 34.5 Å². The first-order valence-electron chi connectivity index (χ1n) is 9.38. The predicted octanol–water partition coefficient (Wildman–Crippen LogP) is 3.92. The van der Waals surface area contributed by atoms with Crippen LogP contribution in [0.3, 0.4) is 0 Å². The highest BCUT2D eigenvalue weighted by molar-refractivity contribution is 5.18. The summed E-state index contributed by atoms with van der Waals surface area (Å²) in [4.78, 5) is 0. The van der Waals surface area contributed by atoms with Crippen molar-refractivity contribution in [3.05, 3.63) is 12.2 Å². The second kappa shape index (κ2) is 4.60. The van der Waals surface area contributed by atoms with E-state index in [1.165, 1.54) is 32.1 Å². The maximum absolute atomic E-state index is 10.9. The van der Waals surface area contributed by atoms with Gasteiger partial charge in [0, 0.05) is 0 Å².